The van der Waals surface area contributed by atoms with E-state index in [0.717, 1.165) is 18.5 Å². The second-order valence-corrected chi connectivity index (χ2v) is 8.10. The molecule has 0 radical (unpaired) electrons. The molecule has 0 spiro atoms. The van der Waals surface area contributed by atoms with Gasteiger partial charge >= 0.3 is 0 Å². The Bertz CT molecular complexity index is 517. The highest BCUT2D eigenvalue weighted by atomic mass is 16.3. The van der Waals surface area contributed by atoms with Crippen LogP contribution in [-0.2, 0) is 11.2 Å². The Kier molecular flexibility index (Phi) is 10.6. The molecule has 1 rings (SSSR count). The van der Waals surface area contributed by atoms with Gasteiger partial charge < -0.3 is 16.2 Å². The summed E-state index contributed by atoms with van der Waals surface area (Å²) in [5, 5.41) is 11.3. The first-order chi connectivity index (χ1) is 11.5. The van der Waals surface area contributed by atoms with Crippen molar-refractivity contribution in [3.8, 4) is 0 Å². The zero-order valence-electron chi connectivity index (χ0n) is 17.1. The Hall–Kier alpha value is -1.39. The molecule has 25 heavy (non-hydrogen) atoms. The lowest BCUT2D eigenvalue weighted by Crippen LogP contribution is -2.35. The molecular formula is C21H38N2O2. The summed E-state index contributed by atoms with van der Waals surface area (Å²) in [6.45, 7) is 14.4. The number of aliphatic hydroxyl groups excluding tert-OH is 1. The summed E-state index contributed by atoms with van der Waals surface area (Å²) in [7, 11) is 0. The minimum Gasteiger partial charge on any atom is -0.394 e. The van der Waals surface area contributed by atoms with Crippen LogP contribution >= 0.6 is 0 Å². The van der Waals surface area contributed by atoms with E-state index in [9.17, 15) is 4.79 Å². The summed E-state index contributed by atoms with van der Waals surface area (Å²) in [6, 6.07) is 6.41. The molecule has 1 amide bonds. The van der Waals surface area contributed by atoms with Crippen molar-refractivity contribution in [2.45, 2.75) is 79.2 Å². The van der Waals surface area contributed by atoms with E-state index >= 15 is 0 Å². The number of aliphatic hydroxyl groups is 1. The maximum atomic E-state index is 11.9. The maximum Gasteiger partial charge on any atom is 0.224 e. The van der Waals surface area contributed by atoms with E-state index in [-0.39, 0.29) is 12.5 Å². The molecule has 0 bridgehead atoms. The molecule has 0 heterocycles. The maximum absolute atomic E-state index is 11.9. The normalized spacial score (nSPS) is 11.3. The van der Waals surface area contributed by atoms with Gasteiger partial charge in [-0.3, -0.25) is 4.79 Å². The van der Waals surface area contributed by atoms with Gasteiger partial charge in [0.25, 0.3) is 0 Å². The van der Waals surface area contributed by atoms with Crippen LogP contribution in [0.4, 0.5) is 5.69 Å². The number of nitrogens with two attached hydrogens (primary N) is 1. The lowest BCUT2D eigenvalue weighted by Gasteiger charge is -2.13. The molecule has 1 aromatic carbocycles. The molecule has 4 heteroatoms. The van der Waals surface area contributed by atoms with Gasteiger partial charge in [0.1, 0.15) is 0 Å². The average molecular weight is 351 g/mol. The number of hydrogen-bond acceptors (Lipinski definition) is 3. The van der Waals surface area contributed by atoms with Crippen molar-refractivity contribution in [3.63, 3.8) is 0 Å². The van der Waals surface area contributed by atoms with Gasteiger partial charge in [0.15, 0.2) is 0 Å². The Balaban J connectivity index is 0.000000823. The number of amides is 1. The van der Waals surface area contributed by atoms with Gasteiger partial charge in [-0.2, -0.15) is 0 Å². The third-order valence-electron chi connectivity index (χ3n) is 3.73. The molecule has 0 aliphatic carbocycles. The highest BCUT2D eigenvalue weighted by Gasteiger charge is 2.08. The van der Waals surface area contributed by atoms with E-state index in [1.54, 1.807) is 13.8 Å². The Morgan fingerprint density at radius 1 is 1.20 bits per heavy atom. The number of carbonyl (C=O) groups is 1. The topological polar surface area (TPSA) is 75.3 Å². The molecule has 0 unspecified atom stereocenters. The molecule has 144 valence electrons. The Labute approximate surface area is 154 Å². The number of benzene rings is 1. The second-order valence-electron chi connectivity index (χ2n) is 8.10. The van der Waals surface area contributed by atoms with Gasteiger partial charge in [0, 0.05) is 17.6 Å². The number of anilines is 1. The summed E-state index contributed by atoms with van der Waals surface area (Å²) < 4.78 is 0. The summed E-state index contributed by atoms with van der Waals surface area (Å²) in [5.41, 5.74) is 8.40. The van der Waals surface area contributed by atoms with Crippen LogP contribution in [0.2, 0.25) is 0 Å². The number of aryl methyl sites for hydroxylation is 1. The van der Waals surface area contributed by atoms with Crippen molar-refractivity contribution in [1.29, 1.82) is 0 Å². The fourth-order valence-corrected chi connectivity index (χ4v) is 1.97. The fraction of sp³-hybridized carbons (Fsp3) is 0.667. The van der Waals surface area contributed by atoms with Gasteiger partial charge in [-0.25, -0.2) is 0 Å². The molecule has 0 fully saturated rings. The van der Waals surface area contributed by atoms with Gasteiger partial charge in [-0.15, -0.1) is 0 Å². The lowest BCUT2D eigenvalue weighted by molar-refractivity contribution is -0.116. The van der Waals surface area contributed by atoms with Crippen molar-refractivity contribution < 1.29 is 9.90 Å². The van der Waals surface area contributed by atoms with Crippen molar-refractivity contribution in [2.75, 3.05) is 11.9 Å². The quantitative estimate of drug-likeness (QED) is 0.679. The van der Waals surface area contributed by atoms with Crippen LogP contribution in [-0.4, -0.2) is 23.2 Å². The van der Waals surface area contributed by atoms with Crippen molar-refractivity contribution in [2.24, 2.45) is 11.7 Å². The van der Waals surface area contributed by atoms with E-state index in [1.165, 1.54) is 11.1 Å². The van der Waals surface area contributed by atoms with Gasteiger partial charge in [0.05, 0.1) is 6.61 Å². The number of carbonyl (C=O) groups excluding carboxylic acids is 1. The summed E-state index contributed by atoms with van der Waals surface area (Å²) in [4.78, 5) is 11.9. The first-order valence-electron chi connectivity index (χ1n) is 9.32. The number of hydrogen-bond donors (Lipinski definition) is 3. The van der Waals surface area contributed by atoms with Crippen LogP contribution < -0.4 is 11.1 Å². The smallest absolute Gasteiger partial charge is 0.224 e. The second kappa shape index (κ2) is 11.3. The van der Waals surface area contributed by atoms with Crippen LogP contribution in [0.25, 0.3) is 0 Å². The highest BCUT2D eigenvalue weighted by molar-refractivity contribution is 5.90. The number of rotatable bonds is 7. The zero-order valence-corrected chi connectivity index (χ0v) is 17.1. The summed E-state index contributed by atoms with van der Waals surface area (Å²) >= 11 is 0. The molecule has 4 N–H and O–H groups in total. The van der Waals surface area contributed by atoms with Crippen LogP contribution in [0.3, 0.4) is 0 Å². The summed E-state index contributed by atoms with van der Waals surface area (Å²) in [6.07, 6.45) is 2.54. The molecule has 0 atom stereocenters. The first-order valence-corrected chi connectivity index (χ1v) is 9.32. The van der Waals surface area contributed by atoms with E-state index < -0.39 is 5.54 Å². The third-order valence-corrected chi connectivity index (χ3v) is 3.73. The standard InChI is InChI=1S/C17H27NO.C4H11NO/c1-6-14-9-15(13(4)5)11-16(10-14)18-17(19)8-7-12(2)3;1-4(2,5)3-6/h9-13H,6-8H2,1-5H3,(H,18,19);6H,3,5H2,1-2H3. The highest BCUT2D eigenvalue weighted by Crippen LogP contribution is 2.22. The first kappa shape index (κ1) is 23.6. The SMILES string of the molecule is CC(C)(N)CO.CCc1cc(NC(=O)CCC(C)C)cc(C(C)C)c1. The van der Waals surface area contributed by atoms with E-state index in [0.29, 0.717) is 18.3 Å². The van der Waals surface area contributed by atoms with Crippen LogP contribution in [0.5, 0.6) is 0 Å². The minimum absolute atomic E-state index is 0.0486. The Morgan fingerprint density at radius 3 is 2.16 bits per heavy atom. The third kappa shape index (κ3) is 11.7. The molecular weight excluding hydrogens is 312 g/mol. The van der Waals surface area contributed by atoms with Gasteiger partial charge in [-0.05, 0) is 61.8 Å². The summed E-state index contributed by atoms with van der Waals surface area (Å²) in [5.74, 6) is 1.17. The lowest BCUT2D eigenvalue weighted by atomic mass is 9.98. The molecule has 0 aliphatic rings. The molecule has 1 aromatic rings. The van der Waals surface area contributed by atoms with Crippen LogP contribution in [0.15, 0.2) is 18.2 Å². The van der Waals surface area contributed by atoms with Gasteiger partial charge in [-0.1, -0.05) is 40.7 Å². The van der Waals surface area contributed by atoms with E-state index in [2.05, 4.69) is 58.1 Å². The van der Waals surface area contributed by atoms with E-state index in [1.807, 2.05) is 0 Å². The molecule has 4 nitrogen and oxygen atoms in total. The monoisotopic (exact) mass is 350 g/mol. The predicted octanol–water partition coefficient (Wildman–Crippen LogP) is 4.46. The Morgan fingerprint density at radius 2 is 1.76 bits per heavy atom. The fourth-order valence-electron chi connectivity index (χ4n) is 1.97. The van der Waals surface area contributed by atoms with Crippen LogP contribution in [0, 0.1) is 5.92 Å². The average Bonchev–Trinajstić information content (AvgIpc) is 2.52. The molecule has 0 saturated heterocycles. The zero-order chi connectivity index (χ0) is 19.6. The van der Waals surface area contributed by atoms with Crippen molar-refractivity contribution in [3.05, 3.63) is 29.3 Å². The number of nitrogens with one attached hydrogen (secondary N) is 1. The largest absolute Gasteiger partial charge is 0.394 e. The minimum atomic E-state index is -0.403. The molecule has 0 aromatic heterocycles. The van der Waals surface area contributed by atoms with Crippen molar-refractivity contribution in [1.82, 2.24) is 0 Å². The van der Waals surface area contributed by atoms with Crippen LogP contribution in [0.1, 0.15) is 78.4 Å². The van der Waals surface area contributed by atoms with E-state index in [4.69, 9.17) is 10.8 Å². The predicted molar refractivity (Wildman–Crippen MR) is 108 cm³/mol. The van der Waals surface area contributed by atoms with Gasteiger partial charge in [0.2, 0.25) is 5.91 Å². The molecule has 0 saturated carbocycles. The molecule has 0 aliphatic heterocycles. The van der Waals surface area contributed by atoms with Crippen molar-refractivity contribution >= 4 is 11.6 Å².